The van der Waals surface area contributed by atoms with E-state index in [4.69, 9.17) is 15.2 Å². The predicted octanol–water partition coefficient (Wildman–Crippen LogP) is 0.695. The lowest BCUT2D eigenvalue weighted by Crippen LogP contribution is -2.46. The van der Waals surface area contributed by atoms with Gasteiger partial charge in [0.25, 0.3) is 5.91 Å². The zero-order valence-corrected chi connectivity index (χ0v) is 13.4. The minimum Gasteiger partial charge on any atom is -0.485 e. The molecular formula is C13H12N4O4S2. The average molecular weight is 352 g/mol. The van der Waals surface area contributed by atoms with E-state index in [0.717, 1.165) is 11.8 Å². The lowest BCUT2D eigenvalue weighted by Gasteiger charge is -2.25. The number of anilines is 1. The molecular weight excluding hydrogens is 340 g/mol. The number of hydrogen-bond donors (Lipinski definition) is 2. The zero-order chi connectivity index (χ0) is 16.2. The second-order valence-corrected chi connectivity index (χ2v) is 6.70. The number of para-hydroxylation sites is 2. The molecule has 1 aromatic heterocycles. The summed E-state index contributed by atoms with van der Waals surface area (Å²) in [4.78, 5) is 23.8. The Morgan fingerprint density at radius 3 is 2.87 bits per heavy atom. The lowest BCUT2D eigenvalue weighted by molar-refractivity contribution is -0.135. The Bertz CT molecular complexity index is 736. The van der Waals surface area contributed by atoms with Gasteiger partial charge >= 0.3 is 0 Å². The van der Waals surface area contributed by atoms with Gasteiger partial charge < -0.3 is 15.2 Å². The largest absolute Gasteiger partial charge is 0.485 e. The number of aromatic nitrogens is 2. The Hall–Kier alpha value is -2.33. The summed E-state index contributed by atoms with van der Waals surface area (Å²) in [6.07, 6.45) is -0.865. The number of nitrogen functional groups attached to an aromatic ring is 1. The highest BCUT2D eigenvalue weighted by Gasteiger charge is 2.28. The van der Waals surface area contributed by atoms with Crippen LogP contribution in [0.1, 0.15) is 0 Å². The Morgan fingerprint density at radius 2 is 2.13 bits per heavy atom. The summed E-state index contributed by atoms with van der Waals surface area (Å²) in [6.45, 7) is 0.0518. The number of imide groups is 1. The van der Waals surface area contributed by atoms with E-state index in [1.54, 1.807) is 18.2 Å². The lowest BCUT2D eigenvalue weighted by atomic mass is 10.2. The first-order valence-corrected chi connectivity index (χ1v) is 8.36. The van der Waals surface area contributed by atoms with Gasteiger partial charge in [-0.05, 0) is 12.1 Å². The minimum atomic E-state index is -0.865. The van der Waals surface area contributed by atoms with E-state index >= 15 is 0 Å². The summed E-state index contributed by atoms with van der Waals surface area (Å²) in [7, 11) is 0. The molecule has 0 saturated heterocycles. The predicted molar refractivity (Wildman–Crippen MR) is 84.5 cm³/mol. The summed E-state index contributed by atoms with van der Waals surface area (Å²) >= 11 is 2.33. The van der Waals surface area contributed by atoms with Crippen molar-refractivity contribution in [2.24, 2.45) is 0 Å². The molecule has 0 spiro atoms. The molecule has 3 N–H and O–H groups in total. The van der Waals surface area contributed by atoms with E-state index < -0.39 is 17.9 Å². The fraction of sp³-hybridized carbons (Fsp3) is 0.231. The number of nitrogens with zero attached hydrogens (tertiary/aromatic N) is 2. The second-order valence-electron chi connectivity index (χ2n) is 4.47. The molecule has 1 aliphatic rings. The highest BCUT2D eigenvalue weighted by Crippen LogP contribution is 2.30. The van der Waals surface area contributed by atoms with E-state index in [2.05, 4.69) is 15.5 Å². The van der Waals surface area contributed by atoms with Gasteiger partial charge in [-0.3, -0.25) is 14.9 Å². The van der Waals surface area contributed by atoms with Gasteiger partial charge in [-0.1, -0.05) is 35.2 Å². The topological polar surface area (TPSA) is 116 Å². The molecule has 0 bridgehead atoms. The summed E-state index contributed by atoms with van der Waals surface area (Å²) < 4.78 is 11.5. The van der Waals surface area contributed by atoms with Crippen molar-refractivity contribution in [2.75, 3.05) is 18.1 Å². The Kier molecular flexibility index (Phi) is 4.63. The van der Waals surface area contributed by atoms with Crippen LogP contribution in [0.3, 0.4) is 0 Å². The number of hydrogen-bond acceptors (Lipinski definition) is 9. The molecule has 0 radical (unpaired) electrons. The number of benzene rings is 1. The molecule has 1 aromatic carbocycles. The molecule has 10 heteroatoms. The maximum absolute atomic E-state index is 12.0. The van der Waals surface area contributed by atoms with Gasteiger partial charge in [0, 0.05) is 0 Å². The van der Waals surface area contributed by atoms with Crippen LogP contribution in [0.2, 0.25) is 0 Å². The van der Waals surface area contributed by atoms with Crippen molar-refractivity contribution in [3.8, 4) is 11.5 Å². The minimum absolute atomic E-state index is 0.0323. The number of thioether (sulfide) groups is 1. The first-order valence-electron chi connectivity index (χ1n) is 6.56. The standard InChI is InChI=1S/C13H12N4O4S2/c14-12-16-17-13(23-12)22-6-10(18)15-11(19)9-5-20-7-3-1-2-4-8(7)21-9/h1-4,9H,5-6H2,(H2,14,16)(H,15,18,19). The van der Waals surface area contributed by atoms with Crippen molar-refractivity contribution >= 4 is 40.0 Å². The Labute approximate surface area is 139 Å². The molecule has 2 heterocycles. The zero-order valence-electron chi connectivity index (χ0n) is 11.7. The van der Waals surface area contributed by atoms with Gasteiger partial charge in [-0.25, -0.2) is 0 Å². The number of carbonyl (C=O) groups excluding carboxylic acids is 2. The van der Waals surface area contributed by atoms with Crippen molar-refractivity contribution < 1.29 is 19.1 Å². The maximum atomic E-state index is 12.0. The number of carbonyl (C=O) groups is 2. The van der Waals surface area contributed by atoms with E-state index in [9.17, 15) is 9.59 Å². The van der Waals surface area contributed by atoms with Crippen LogP contribution in [0.4, 0.5) is 5.13 Å². The maximum Gasteiger partial charge on any atom is 0.271 e. The van der Waals surface area contributed by atoms with Crippen LogP contribution in [0.25, 0.3) is 0 Å². The number of fused-ring (bicyclic) bond motifs is 1. The molecule has 120 valence electrons. The molecule has 1 aliphatic heterocycles. The molecule has 3 rings (SSSR count). The second kappa shape index (κ2) is 6.84. The Morgan fingerprint density at radius 1 is 1.35 bits per heavy atom. The van der Waals surface area contributed by atoms with Gasteiger partial charge in [0.15, 0.2) is 15.8 Å². The van der Waals surface area contributed by atoms with Crippen molar-refractivity contribution in [1.82, 2.24) is 15.5 Å². The van der Waals surface area contributed by atoms with Crippen LogP contribution < -0.4 is 20.5 Å². The SMILES string of the molecule is Nc1nnc(SCC(=O)NC(=O)C2COc3ccccc3O2)s1. The van der Waals surface area contributed by atoms with Crippen molar-refractivity contribution in [2.45, 2.75) is 10.4 Å². The molecule has 1 atom stereocenters. The van der Waals surface area contributed by atoms with Crippen LogP contribution in [-0.2, 0) is 9.59 Å². The summed E-state index contributed by atoms with van der Waals surface area (Å²) in [6, 6.07) is 7.03. The third kappa shape index (κ3) is 3.90. The molecule has 2 aromatic rings. The monoisotopic (exact) mass is 352 g/mol. The summed E-state index contributed by atoms with van der Waals surface area (Å²) in [5.41, 5.74) is 5.45. The van der Waals surface area contributed by atoms with Crippen molar-refractivity contribution in [3.63, 3.8) is 0 Å². The van der Waals surface area contributed by atoms with Gasteiger partial charge in [-0.2, -0.15) is 0 Å². The molecule has 0 fully saturated rings. The van der Waals surface area contributed by atoms with Crippen LogP contribution >= 0.6 is 23.1 Å². The molecule has 0 aliphatic carbocycles. The number of rotatable bonds is 4. The average Bonchev–Trinajstić information content (AvgIpc) is 2.98. The summed E-state index contributed by atoms with van der Waals surface area (Å²) in [5.74, 6) is 0.0975. The van der Waals surface area contributed by atoms with Gasteiger partial charge in [-0.15, -0.1) is 10.2 Å². The first kappa shape index (κ1) is 15.6. The van der Waals surface area contributed by atoms with Crippen LogP contribution in [-0.4, -0.2) is 40.5 Å². The third-order valence-corrected chi connectivity index (χ3v) is 4.70. The molecule has 8 nitrogen and oxygen atoms in total. The van der Waals surface area contributed by atoms with E-state index in [1.165, 1.54) is 11.3 Å². The van der Waals surface area contributed by atoms with E-state index in [-0.39, 0.29) is 12.4 Å². The number of amides is 2. The highest BCUT2D eigenvalue weighted by atomic mass is 32.2. The smallest absolute Gasteiger partial charge is 0.271 e. The van der Waals surface area contributed by atoms with Gasteiger partial charge in [0.05, 0.1) is 5.75 Å². The molecule has 2 amide bonds. The normalized spacial score (nSPS) is 15.9. The highest BCUT2D eigenvalue weighted by molar-refractivity contribution is 8.01. The van der Waals surface area contributed by atoms with E-state index in [1.807, 2.05) is 6.07 Å². The van der Waals surface area contributed by atoms with Crippen LogP contribution in [0, 0.1) is 0 Å². The van der Waals surface area contributed by atoms with E-state index in [0.29, 0.717) is 21.0 Å². The Balaban J connectivity index is 1.50. The third-order valence-electron chi connectivity index (χ3n) is 2.81. The fourth-order valence-corrected chi connectivity index (χ4v) is 3.24. The number of nitrogens with one attached hydrogen (secondary N) is 1. The first-order chi connectivity index (χ1) is 11.1. The fourth-order valence-electron chi connectivity index (χ4n) is 1.81. The molecule has 23 heavy (non-hydrogen) atoms. The quantitative estimate of drug-likeness (QED) is 0.772. The summed E-state index contributed by atoms with van der Waals surface area (Å²) in [5, 5.41) is 10.0. The molecule has 0 saturated carbocycles. The van der Waals surface area contributed by atoms with Crippen molar-refractivity contribution in [1.29, 1.82) is 0 Å². The van der Waals surface area contributed by atoms with Gasteiger partial charge in [0.1, 0.15) is 6.61 Å². The van der Waals surface area contributed by atoms with Crippen molar-refractivity contribution in [3.05, 3.63) is 24.3 Å². The van der Waals surface area contributed by atoms with Crippen LogP contribution in [0.5, 0.6) is 11.5 Å². The van der Waals surface area contributed by atoms with Gasteiger partial charge in [0.2, 0.25) is 17.1 Å². The molecule has 1 unspecified atom stereocenters. The number of ether oxygens (including phenoxy) is 2. The van der Waals surface area contributed by atoms with Crippen LogP contribution in [0.15, 0.2) is 28.6 Å². The number of nitrogens with two attached hydrogens (primary N) is 1.